The number of carbonyl (C=O) groups is 1. The Bertz CT molecular complexity index is 891. The number of pyridine rings is 1. The van der Waals surface area contributed by atoms with Gasteiger partial charge in [0, 0.05) is 13.1 Å². The van der Waals surface area contributed by atoms with Crippen LogP contribution in [-0.4, -0.2) is 17.4 Å². The SMILES string of the molecule is O=C(Cc1ccccc1)Nc1ccc(N2CCc3ccccc3C2)cn1. The molecule has 0 atom stereocenters. The maximum atomic E-state index is 12.1. The third kappa shape index (κ3) is 3.75. The quantitative estimate of drug-likeness (QED) is 0.783. The summed E-state index contributed by atoms with van der Waals surface area (Å²) in [4.78, 5) is 18.9. The normalized spacial score (nSPS) is 13.2. The van der Waals surface area contributed by atoms with Crippen LogP contribution >= 0.6 is 0 Å². The van der Waals surface area contributed by atoms with Crippen molar-refractivity contribution in [1.29, 1.82) is 0 Å². The predicted octanol–water partition coefficient (Wildman–Crippen LogP) is 3.83. The third-order valence-corrected chi connectivity index (χ3v) is 4.72. The Labute approximate surface area is 153 Å². The van der Waals surface area contributed by atoms with E-state index >= 15 is 0 Å². The summed E-state index contributed by atoms with van der Waals surface area (Å²) >= 11 is 0. The molecule has 3 aromatic rings. The van der Waals surface area contributed by atoms with Gasteiger partial charge in [-0.2, -0.15) is 0 Å². The van der Waals surface area contributed by atoms with E-state index in [4.69, 9.17) is 0 Å². The van der Waals surface area contributed by atoms with Gasteiger partial charge in [0.05, 0.1) is 18.3 Å². The van der Waals surface area contributed by atoms with Crippen molar-refractivity contribution in [2.24, 2.45) is 0 Å². The number of rotatable bonds is 4. The van der Waals surface area contributed by atoms with Crippen LogP contribution in [0.5, 0.6) is 0 Å². The van der Waals surface area contributed by atoms with Crippen LogP contribution in [0.15, 0.2) is 72.9 Å². The molecule has 2 heterocycles. The monoisotopic (exact) mass is 343 g/mol. The summed E-state index contributed by atoms with van der Waals surface area (Å²) in [5, 5.41) is 2.87. The van der Waals surface area contributed by atoms with E-state index in [0.29, 0.717) is 12.2 Å². The minimum atomic E-state index is -0.0525. The van der Waals surface area contributed by atoms with Crippen molar-refractivity contribution in [1.82, 2.24) is 4.98 Å². The first-order chi connectivity index (χ1) is 12.8. The summed E-state index contributed by atoms with van der Waals surface area (Å²) in [7, 11) is 0. The molecule has 2 aromatic carbocycles. The average Bonchev–Trinajstić information content (AvgIpc) is 2.69. The topological polar surface area (TPSA) is 45.2 Å². The van der Waals surface area contributed by atoms with Crippen molar-refractivity contribution < 1.29 is 4.79 Å². The molecule has 1 aliphatic rings. The highest BCUT2D eigenvalue weighted by atomic mass is 16.1. The molecular formula is C22H21N3O. The van der Waals surface area contributed by atoms with Crippen LogP contribution in [0, 0.1) is 0 Å². The Morgan fingerprint density at radius 3 is 2.50 bits per heavy atom. The summed E-state index contributed by atoms with van der Waals surface area (Å²) in [5.41, 5.74) is 4.88. The van der Waals surface area contributed by atoms with E-state index in [1.165, 1.54) is 11.1 Å². The number of nitrogens with one attached hydrogen (secondary N) is 1. The number of amides is 1. The van der Waals surface area contributed by atoms with Gasteiger partial charge in [-0.05, 0) is 35.2 Å². The number of carbonyl (C=O) groups excluding carboxylic acids is 1. The van der Waals surface area contributed by atoms with Gasteiger partial charge >= 0.3 is 0 Å². The highest BCUT2D eigenvalue weighted by Gasteiger charge is 2.16. The van der Waals surface area contributed by atoms with Gasteiger partial charge in [0.15, 0.2) is 0 Å². The highest BCUT2D eigenvalue weighted by Crippen LogP contribution is 2.24. The lowest BCUT2D eigenvalue weighted by molar-refractivity contribution is -0.115. The Kier molecular flexibility index (Phi) is 4.65. The van der Waals surface area contributed by atoms with Gasteiger partial charge < -0.3 is 10.2 Å². The van der Waals surface area contributed by atoms with Gasteiger partial charge in [0.2, 0.25) is 5.91 Å². The Morgan fingerprint density at radius 1 is 0.962 bits per heavy atom. The second-order valence-corrected chi connectivity index (χ2v) is 6.55. The highest BCUT2D eigenvalue weighted by molar-refractivity contribution is 5.91. The fourth-order valence-electron chi connectivity index (χ4n) is 3.33. The fourth-order valence-corrected chi connectivity index (χ4v) is 3.33. The summed E-state index contributed by atoms with van der Waals surface area (Å²) in [6.07, 6.45) is 3.24. The zero-order valence-electron chi connectivity index (χ0n) is 14.6. The number of aromatic nitrogens is 1. The summed E-state index contributed by atoms with van der Waals surface area (Å²) < 4.78 is 0. The number of nitrogens with zero attached hydrogens (tertiary/aromatic N) is 2. The average molecular weight is 343 g/mol. The van der Waals surface area contributed by atoms with Crippen molar-refractivity contribution in [3.05, 3.63) is 89.6 Å². The van der Waals surface area contributed by atoms with Gasteiger partial charge in [-0.25, -0.2) is 4.98 Å². The van der Waals surface area contributed by atoms with Gasteiger partial charge in [-0.1, -0.05) is 54.6 Å². The van der Waals surface area contributed by atoms with Crippen molar-refractivity contribution in [3.8, 4) is 0 Å². The molecule has 0 saturated carbocycles. The number of fused-ring (bicyclic) bond motifs is 1. The van der Waals surface area contributed by atoms with Crippen molar-refractivity contribution >= 4 is 17.4 Å². The van der Waals surface area contributed by atoms with Crippen LogP contribution in [0.25, 0.3) is 0 Å². The molecule has 0 unspecified atom stereocenters. The van der Waals surface area contributed by atoms with Crippen LogP contribution in [0.1, 0.15) is 16.7 Å². The Morgan fingerprint density at radius 2 is 1.73 bits per heavy atom. The standard InChI is InChI=1S/C22H21N3O/c26-22(14-17-6-2-1-3-7-17)24-21-11-10-20(15-23-21)25-13-12-18-8-4-5-9-19(18)16-25/h1-11,15H,12-14,16H2,(H,23,24,26). The number of anilines is 2. The molecule has 4 nitrogen and oxygen atoms in total. The van der Waals surface area contributed by atoms with E-state index in [2.05, 4.69) is 39.5 Å². The smallest absolute Gasteiger partial charge is 0.229 e. The molecule has 0 saturated heterocycles. The van der Waals surface area contributed by atoms with Crippen LogP contribution in [0.2, 0.25) is 0 Å². The van der Waals surface area contributed by atoms with E-state index in [0.717, 1.165) is 30.8 Å². The summed E-state index contributed by atoms with van der Waals surface area (Å²) in [5.74, 6) is 0.537. The first-order valence-electron chi connectivity index (χ1n) is 8.89. The zero-order chi connectivity index (χ0) is 17.8. The summed E-state index contributed by atoms with van der Waals surface area (Å²) in [6, 6.07) is 22.2. The molecule has 0 radical (unpaired) electrons. The molecule has 4 heteroatoms. The lowest BCUT2D eigenvalue weighted by atomic mass is 10.00. The second-order valence-electron chi connectivity index (χ2n) is 6.55. The van der Waals surface area contributed by atoms with Crippen LogP contribution in [0.3, 0.4) is 0 Å². The zero-order valence-corrected chi connectivity index (χ0v) is 14.6. The van der Waals surface area contributed by atoms with Gasteiger partial charge in [0.1, 0.15) is 5.82 Å². The second kappa shape index (κ2) is 7.40. The lowest BCUT2D eigenvalue weighted by Gasteiger charge is -2.30. The first kappa shape index (κ1) is 16.3. The molecule has 26 heavy (non-hydrogen) atoms. The molecular weight excluding hydrogens is 322 g/mol. The van der Waals surface area contributed by atoms with E-state index in [9.17, 15) is 4.79 Å². The third-order valence-electron chi connectivity index (χ3n) is 4.72. The molecule has 0 aliphatic carbocycles. The Hall–Kier alpha value is -3.14. The minimum absolute atomic E-state index is 0.0525. The predicted molar refractivity (Wildman–Crippen MR) is 104 cm³/mol. The number of benzene rings is 2. The minimum Gasteiger partial charge on any atom is -0.366 e. The van der Waals surface area contributed by atoms with Crippen molar-refractivity contribution in [2.45, 2.75) is 19.4 Å². The van der Waals surface area contributed by atoms with E-state index in [-0.39, 0.29) is 5.91 Å². The summed E-state index contributed by atoms with van der Waals surface area (Å²) in [6.45, 7) is 1.88. The number of hydrogen-bond donors (Lipinski definition) is 1. The van der Waals surface area contributed by atoms with E-state index in [1.54, 1.807) is 0 Å². The van der Waals surface area contributed by atoms with Crippen molar-refractivity contribution in [2.75, 3.05) is 16.8 Å². The molecule has 0 bridgehead atoms. The van der Waals surface area contributed by atoms with Gasteiger partial charge in [0.25, 0.3) is 0 Å². The van der Waals surface area contributed by atoms with E-state index in [1.807, 2.05) is 48.7 Å². The molecule has 1 aromatic heterocycles. The fraction of sp³-hybridized carbons (Fsp3) is 0.182. The molecule has 4 rings (SSSR count). The lowest BCUT2D eigenvalue weighted by Crippen LogP contribution is -2.30. The first-order valence-corrected chi connectivity index (χ1v) is 8.89. The van der Waals surface area contributed by atoms with Crippen LogP contribution in [0.4, 0.5) is 11.5 Å². The maximum Gasteiger partial charge on any atom is 0.229 e. The van der Waals surface area contributed by atoms with Crippen LogP contribution < -0.4 is 10.2 Å². The molecule has 1 amide bonds. The molecule has 1 N–H and O–H groups in total. The maximum absolute atomic E-state index is 12.1. The van der Waals surface area contributed by atoms with Crippen molar-refractivity contribution in [3.63, 3.8) is 0 Å². The molecule has 0 spiro atoms. The van der Waals surface area contributed by atoms with Gasteiger partial charge in [-0.15, -0.1) is 0 Å². The molecule has 0 fully saturated rings. The van der Waals surface area contributed by atoms with Gasteiger partial charge in [-0.3, -0.25) is 4.79 Å². The van der Waals surface area contributed by atoms with E-state index < -0.39 is 0 Å². The molecule has 1 aliphatic heterocycles. The Balaban J connectivity index is 1.39. The molecule has 130 valence electrons. The van der Waals surface area contributed by atoms with Crippen LogP contribution in [-0.2, 0) is 24.2 Å². The number of hydrogen-bond acceptors (Lipinski definition) is 3. The largest absolute Gasteiger partial charge is 0.366 e.